The second-order valence-electron chi connectivity index (χ2n) is 5.66. The van der Waals surface area contributed by atoms with Gasteiger partial charge in [0, 0.05) is 13.1 Å². The van der Waals surface area contributed by atoms with E-state index in [1.54, 1.807) is 6.08 Å². The van der Waals surface area contributed by atoms with Gasteiger partial charge in [0.15, 0.2) is 0 Å². The molecule has 0 amide bonds. The maximum atomic E-state index is 12.4. The zero-order valence-electron chi connectivity index (χ0n) is 11.3. The van der Waals surface area contributed by atoms with Gasteiger partial charge >= 0.3 is 0 Å². The summed E-state index contributed by atoms with van der Waals surface area (Å²) in [5.41, 5.74) is 0. The predicted octanol–water partition coefficient (Wildman–Crippen LogP) is 1.70. The van der Waals surface area contributed by atoms with Crippen molar-refractivity contribution in [2.75, 3.05) is 18.8 Å². The van der Waals surface area contributed by atoms with E-state index in [1.165, 1.54) is 10.7 Å². The molecule has 1 heterocycles. The maximum absolute atomic E-state index is 12.4. The monoisotopic (exact) mass is 286 g/mol. The van der Waals surface area contributed by atoms with Crippen molar-refractivity contribution in [1.82, 2.24) is 4.31 Å². The largest absolute Gasteiger partial charge is 0.235 e. The van der Waals surface area contributed by atoms with Crippen molar-refractivity contribution < 1.29 is 13.2 Å². The smallest absolute Gasteiger partial charge is 0.212 e. The van der Waals surface area contributed by atoms with E-state index in [0.29, 0.717) is 19.0 Å². The molecule has 108 valence electrons. The van der Waals surface area contributed by atoms with Crippen LogP contribution in [0.4, 0.5) is 0 Å². The summed E-state index contributed by atoms with van der Waals surface area (Å²) < 4.78 is 26.3. The highest BCUT2D eigenvalue weighted by Gasteiger charge is 2.31. The van der Waals surface area contributed by atoms with Crippen molar-refractivity contribution in [1.29, 1.82) is 0 Å². The number of nitrogens with zero attached hydrogens (tertiary/aromatic N) is 2. The lowest BCUT2D eigenvalue weighted by atomic mass is 9.91. The Hall–Kier alpha value is -0.710. The van der Waals surface area contributed by atoms with Crippen LogP contribution in [-0.4, -0.2) is 43.7 Å². The molecule has 2 fully saturated rings. The van der Waals surface area contributed by atoms with E-state index in [4.69, 9.17) is 0 Å². The Morgan fingerprint density at radius 1 is 1.11 bits per heavy atom. The zero-order valence-corrected chi connectivity index (χ0v) is 12.1. The van der Waals surface area contributed by atoms with Gasteiger partial charge in [-0.25, -0.2) is 18.2 Å². The van der Waals surface area contributed by atoms with Crippen molar-refractivity contribution in [2.24, 2.45) is 10.9 Å². The van der Waals surface area contributed by atoms with Gasteiger partial charge in [-0.2, -0.15) is 4.31 Å². The first-order valence-electron chi connectivity index (χ1n) is 7.16. The van der Waals surface area contributed by atoms with Gasteiger partial charge in [-0.1, -0.05) is 19.3 Å². The molecule has 6 heteroatoms. The van der Waals surface area contributed by atoms with Crippen molar-refractivity contribution in [3.05, 3.63) is 0 Å². The van der Waals surface area contributed by atoms with Crippen LogP contribution in [0.1, 0.15) is 44.9 Å². The highest BCUT2D eigenvalue weighted by atomic mass is 32.2. The molecular formula is C13H22N2O3S. The number of hydrogen-bond acceptors (Lipinski definition) is 4. The average Bonchev–Trinajstić information content (AvgIpc) is 2.40. The molecular weight excluding hydrogens is 264 g/mol. The van der Waals surface area contributed by atoms with Gasteiger partial charge in [0.25, 0.3) is 0 Å². The van der Waals surface area contributed by atoms with Crippen LogP contribution in [0.5, 0.6) is 0 Å². The van der Waals surface area contributed by atoms with Gasteiger partial charge in [-0.15, -0.1) is 0 Å². The molecule has 0 N–H and O–H groups in total. The van der Waals surface area contributed by atoms with Gasteiger partial charge < -0.3 is 0 Å². The maximum Gasteiger partial charge on any atom is 0.235 e. The topological polar surface area (TPSA) is 66.8 Å². The molecule has 1 atom stereocenters. The second-order valence-corrected chi connectivity index (χ2v) is 7.67. The van der Waals surface area contributed by atoms with E-state index < -0.39 is 10.0 Å². The van der Waals surface area contributed by atoms with Crippen LogP contribution in [0.2, 0.25) is 0 Å². The fourth-order valence-electron chi connectivity index (χ4n) is 3.11. The molecule has 2 aliphatic rings. The van der Waals surface area contributed by atoms with Crippen molar-refractivity contribution >= 4 is 16.1 Å². The fraction of sp³-hybridized carbons (Fsp3) is 0.923. The van der Waals surface area contributed by atoms with Crippen LogP contribution in [0, 0.1) is 5.92 Å². The number of aliphatic imine (C=N–C) groups is 1. The standard InChI is InChI=1S/C13H22N2O3S/c16-11-14-13-7-4-8-15(9-13)19(17,18)10-12-5-2-1-3-6-12/h12-13H,1-10H2. The summed E-state index contributed by atoms with van der Waals surface area (Å²) in [7, 11) is -3.19. The highest BCUT2D eigenvalue weighted by Crippen LogP contribution is 2.27. The molecule has 0 radical (unpaired) electrons. The fourth-order valence-corrected chi connectivity index (χ4v) is 5.06. The third-order valence-corrected chi connectivity index (χ3v) is 6.17. The zero-order chi connectivity index (χ0) is 13.7. The minimum Gasteiger partial charge on any atom is -0.212 e. The van der Waals surface area contributed by atoms with Crippen LogP contribution in [0.3, 0.4) is 0 Å². The van der Waals surface area contributed by atoms with Crippen LogP contribution in [0.15, 0.2) is 4.99 Å². The summed E-state index contributed by atoms with van der Waals surface area (Å²) in [6.07, 6.45) is 8.70. The van der Waals surface area contributed by atoms with Gasteiger partial charge in [0.05, 0.1) is 11.8 Å². The molecule has 1 saturated heterocycles. The molecule has 0 aromatic carbocycles. The summed E-state index contributed by atoms with van der Waals surface area (Å²) in [5.74, 6) is 0.582. The van der Waals surface area contributed by atoms with Gasteiger partial charge in [-0.3, -0.25) is 0 Å². The normalized spacial score (nSPS) is 26.8. The molecule has 0 aromatic rings. The third-order valence-electron chi connectivity index (χ3n) is 4.16. The first-order chi connectivity index (χ1) is 9.12. The molecule has 0 spiro atoms. The summed E-state index contributed by atoms with van der Waals surface area (Å²) in [4.78, 5) is 14.0. The third kappa shape index (κ3) is 4.13. The minimum atomic E-state index is -3.19. The van der Waals surface area contributed by atoms with Crippen LogP contribution < -0.4 is 0 Å². The second kappa shape index (κ2) is 6.64. The van der Waals surface area contributed by atoms with Gasteiger partial charge in [0.2, 0.25) is 16.1 Å². The molecule has 19 heavy (non-hydrogen) atoms. The van der Waals surface area contributed by atoms with E-state index in [9.17, 15) is 13.2 Å². The van der Waals surface area contributed by atoms with Crippen molar-refractivity contribution in [3.8, 4) is 0 Å². The Kier molecular flexibility index (Phi) is 5.13. The van der Waals surface area contributed by atoms with Gasteiger partial charge in [-0.05, 0) is 31.6 Å². The number of carbonyl (C=O) groups excluding carboxylic acids is 1. The Morgan fingerprint density at radius 3 is 2.53 bits per heavy atom. The van der Waals surface area contributed by atoms with E-state index in [-0.39, 0.29) is 11.8 Å². The van der Waals surface area contributed by atoms with E-state index >= 15 is 0 Å². The van der Waals surface area contributed by atoms with Gasteiger partial charge in [0.1, 0.15) is 0 Å². The van der Waals surface area contributed by atoms with Crippen LogP contribution in [0.25, 0.3) is 0 Å². The molecule has 5 nitrogen and oxygen atoms in total. The number of hydrogen-bond donors (Lipinski definition) is 0. The summed E-state index contributed by atoms with van der Waals surface area (Å²) in [6.45, 7) is 0.921. The number of isocyanates is 1. The van der Waals surface area contributed by atoms with Crippen LogP contribution >= 0.6 is 0 Å². The van der Waals surface area contributed by atoms with E-state index in [1.807, 2.05) is 0 Å². The molecule has 2 rings (SSSR count). The van der Waals surface area contributed by atoms with Crippen LogP contribution in [-0.2, 0) is 14.8 Å². The quantitative estimate of drug-likeness (QED) is 0.583. The first kappa shape index (κ1) is 14.7. The molecule has 0 bridgehead atoms. The summed E-state index contributed by atoms with van der Waals surface area (Å²) >= 11 is 0. The van der Waals surface area contributed by atoms with Crippen molar-refractivity contribution in [3.63, 3.8) is 0 Å². The minimum absolute atomic E-state index is 0.201. The molecule has 0 aromatic heterocycles. The SMILES string of the molecule is O=C=NC1CCCN(S(=O)(=O)CC2CCCCC2)C1. The lowest BCUT2D eigenvalue weighted by Crippen LogP contribution is -2.43. The Balaban J connectivity index is 1.95. The number of rotatable bonds is 4. The molecule has 1 aliphatic heterocycles. The Morgan fingerprint density at radius 2 is 1.84 bits per heavy atom. The number of sulfonamides is 1. The summed E-state index contributed by atoms with van der Waals surface area (Å²) in [5, 5.41) is 0. The molecule has 1 aliphatic carbocycles. The predicted molar refractivity (Wildman–Crippen MR) is 73.1 cm³/mol. The lowest BCUT2D eigenvalue weighted by Gasteiger charge is -2.31. The number of piperidine rings is 1. The van der Waals surface area contributed by atoms with E-state index in [0.717, 1.165) is 38.5 Å². The van der Waals surface area contributed by atoms with Crippen molar-refractivity contribution in [2.45, 2.75) is 51.0 Å². The Labute approximate surface area is 115 Å². The molecule has 1 saturated carbocycles. The highest BCUT2D eigenvalue weighted by molar-refractivity contribution is 7.89. The van der Waals surface area contributed by atoms with E-state index in [2.05, 4.69) is 4.99 Å². The summed E-state index contributed by atoms with van der Waals surface area (Å²) in [6, 6.07) is -0.201. The average molecular weight is 286 g/mol. The lowest BCUT2D eigenvalue weighted by molar-refractivity contribution is 0.309. The Bertz CT molecular complexity index is 437. The molecule has 1 unspecified atom stereocenters. The first-order valence-corrected chi connectivity index (χ1v) is 8.77.